The van der Waals surface area contributed by atoms with Gasteiger partial charge < -0.3 is 4.57 Å². The fourth-order valence-corrected chi connectivity index (χ4v) is 3.26. The molecule has 0 bridgehead atoms. The number of hydrogen-bond donors (Lipinski definition) is 1. The molecule has 0 saturated heterocycles. The van der Waals surface area contributed by atoms with Crippen LogP contribution in [-0.4, -0.2) is 9.31 Å². The first-order valence-corrected chi connectivity index (χ1v) is 8.97. The summed E-state index contributed by atoms with van der Waals surface area (Å²) in [7, 11) is 0. The molecule has 23 heavy (non-hydrogen) atoms. The number of halogens is 1. The van der Waals surface area contributed by atoms with Crippen molar-refractivity contribution in [1.29, 1.82) is 0 Å². The first kappa shape index (κ1) is 18.3. The minimum atomic E-state index is -0.129. The van der Waals surface area contributed by atoms with E-state index >= 15 is 0 Å². The number of benzene rings is 1. The standard InChI is InChI=1S/C19H29FN2S/c1-13-8-17-15(9-16(13)20)14(10-21-23-19(5,6)7)11-22(17)12-18(2,3)4/h8-9,11,21H,10,12H2,1-7H3. The van der Waals surface area contributed by atoms with E-state index in [4.69, 9.17) is 0 Å². The molecule has 2 rings (SSSR count). The highest BCUT2D eigenvalue weighted by Gasteiger charge is 2.17. The molecule has 0 amide bonds. The third-order valence-corrected chi connectivity index (χ3v) is 4.43. The SMILES string of the molecule is Cc1cc2c(cc1F)c(CNSC(C)(C)C)cn2CC(C)(C)C. The molecule has 0 aliphatic carbocycles. The molecule has 0 aliphatic rings. The van der Waals surface area contributed by atoms with Crippen molar-refractivity contribution < 1.29 is 4.39 Å². The van der Waals surface area contributed by atoms with Crippen LogP contribution in [0.15, 0.2) is 18.3 Å². The molecule has 1 aromatic carbocycles. The van der Waals surface area contributed by atoms with Gasteiger partial charge in [0.2, 0.25) is 0 Å². The van der Waals surface area contributed by atoms with Gasteiger partial charge in [-0.2, -0.15) is 0 Å². The predicted octanol–water partition coefficient (Wildman–Crippen LogP) is 5.67. The van der Waals surface area contributed by atoms with Crippen LogP contribution in [0.4, 0.5) is 4.39 Å². The Morgan fingerprint density at radius 3 is 2.35 bits per heavy atom. The number of fused-ring (bicyclic) bond motifs is 1. The van der Waals surface area contributed by atoms with Gasteiger partial charge in [0, 0.05) is 34.9 Å². The van der Waals surface area contributed by atoms with Gasteiger partial charge in [-0.1, -0.05) is 32.7 Å². The summed E-state index contributed by atoms with van der Waals surface area (Å²) >= 11 is 1.71. The molecule has 2 nitrogen and oxygen atoms in total. The Bertz CT molecular complexity index is 690. The van der Waals surface area contributed by atoms with Crippen LogP contribution in [0, 0.1) is 18.2 Å². The van der Waals surface area contributed by atoms with Crippen molar-refractivity contribution >= 4 is 22.9 Å². The van der Waals surface area contributed by atoms with Crippen molar-refractivity contribution in [3.8, 4) is 0 Å². The Morgan fingerprint density at radius 2 is 1.78 bits per heavy atom. The Hall–Kier alpha value is -1.00. The lowest BCUT2D eigenvalue weighted by Gasteiger charge is -2.20. The zero-order chi connectivity index (χ0) is 17.4. The summed E-state index contributed by atoms with van der Waals surface area (Å²) in [5.74, 6) is -0.129. The molecule has 0 fully saturated rings. The maximum Gasteiger partial charge on any atom is 0.126 e. The van der Waals surface area contributed by atoms with E-state index in [0.717, 1.165) is 29.6 Å². The molecule has 128 valence electrons. The highest BCUT2D eigenvalue weighted by atomic mass is 32.2. The summed E-state index contributed by atoms with van der Waals surface area (Å²) in [5, 5.41) is 1.01. The van der Waals surface area contributed by atoms with Crippen LogP contribution in [-0.2, 0) is 13.1 Å². The number of aryl methyl sites for hydroxylation is 1. The molecule has 1 heterocycles. The molecule has 0 saturated carbocycles. The second-order valence-corrected chi connectivity index (χ2v) is 10.2. The van der Waals surface area contributed by atoms with E-state index in [0.29, 0.717) is 5.56 Å². The largest absolute Gasteiger partial charge is 0.347 e. The second-order valence-electron chi connectivity index (χ2n) is 8.50. The lowest BCUT2D eigenvalue weighted by molar-refractivity contribution is 0.349. The van der Waals surface area contributed by atoms with Crippen LogP contribution in [0.1, 0.15) is 52.7 Å². The molecule has 1 N–H and O–H groups in total. The molecule has 0 aliphatic heterocycles. The van der Waals surface area contributed by atoms with Crippen LogP contribution in [0.2, 0.25) is 0 Å². The third-order valence-electron chi connectivity index (χ3n) is 3.53. The van der Waals surface area contributed by atoms with Crippen molar-refractivity contribution in [3.05, 3.63) is 35.3 Å². The van der Waals surface area contributed by atoms with Gasteiger partial charge in [0.25, 0.3) is 0 Å². The number of hydrogen-bond acceptors (Lipinski definition) is 2. The number of nitrogens with one attached hydrogen (secondary N) is 1. The molecule has 1 aromatic heterocycles. The molecular weight excluding hydrogens is 307 g/mol. The Morgan fingerprint density at radius 1 is 1.13 bits per heavy atom. The highest BCUT2D eigenvalue weighted by Crippen LogP contribution is 2.29. The summed E-state index contributed by atoms with van der Waals surface area (Å²) in [5.41, 5.74) is 3.16. The molecule has 0 atom stereocenters. The van der Waals surface area contributed by atoms with Gasteiger partial charge in [-0.05, 0) is 56.4 Å². The summed E-state index contributed by atoms with van der Waals surface area (Å²) in [6.45, 7) is 16.7. The summed E-state index contributed by atoms with van der Waals surface area (Å²) in [6.07, 6.45) is 2.17. The normalized spacial score (nSPS) is 13.0. The third kappa shape index (κ3) is 4.98. The molecular formula is C19H29FN2S. The van der Waals surface area contributed by atoms with E-state index in [-0.39, 0.29) is 16.0 Å². The van der Waals surface area contributed by atoms with Crippen molar-refractivity contribution in [2.24, 2.45) is 5.41 Å². The first-order valence-electron chi connectivity index (χ1n) is 8.15. The van der Waals surface area contributed by atoms with Gasteiger partial charge in [-0.3, -0.25) is 4.72 Å². The van der Waals surface area contributed by atoms with Gasteiger partial charge in [0.1, 0.15) is 5.82 Å². The quantitative estimate of drug-likeness (QED) is 0.724. The van der Waals surface area contributed by atoms with Crippen LogP contribution >= 0.6 is 11.9 Å². The summed E-state index contributed by atoms with van der Waals surface area (Å²) in [4.78, 5) is 0. The van der Waals surface area contributed by atoms with Crippen molar-refractivity contribution in [2.75, 3.05) is 0 Å². The minimum Gasteiger partial charge on any atom is -0.347 e. The van der Waals surface area contributed by atoms with Crippen LogP contribution in [0.3, 0.4) is 0 Å². The maximum absolute atomic E-state index is 14.1. The lowest BCUT2D eigenvalue weighted by Crippen LogP contribution is -2.16. The van der Waals surface area contributed by atoms with Crippen LogP contribution in [0.5, 0.6) is 0 Å². The molecule has 4 heteroatoms. The summed E-state index contributed by atoms with van der Waals surface area (Å²) < 4.78 is 19.9. The molecule has 0 radical (unpaired) electrons. The topological polar surface area (TPSA) is 17.0 Å². The van der Waals surface area contributed by atoms with Crippen LogP contribution in [0.25, 0.3) is 10.9 Å². The van der Waals surface area contributed by atoms with E-state index in [2.05, 4.69) is 57.0 Å². The predicted molar refractivity (Wildman–Crippen MR) is 100 cm³/mol. The van der Waals surface area contributed by atoms with Gasteiger partial charge in [-0.15, -0.1) is 0 Å². The number of nitrogens with zero attached hydrogens (tertiary/aromatic N) is 1. The van der Waals surface area contributed by atoms with Crippen molar-refractivity contribution in [1.82, 2.24) is 9.29 Å². The minimum absolute atomic E-state index is 0.129. The monoisotopic (exact) mass is 336 g/mol. The number of rotatable bonds is 4. The first-order chi connectivity index (χ1) is 10.5. The zero-order valence-corrected chi connectivity index (χ0v) is 16.2. The van der Waals surface area contributed by atoms with E-state index in [1.165, 1.54) is 0 Å². The Labute approximate surface area is 144 Å². The van der Waals surface area contributed by atoms with Gasteiger partial charge >= 0.3 is 0 Å². The average Bonchev–Trinajstić information content (AvgIpc) is 2.65. The van der Waals surface area contributed by atoms with E-state index in [9.17, 15) is 4.39 Å². The van der Waals surface area contributed by atoms with E-state index in [1.54, 1.807) is 18.0 Å². The lowest BCUT2D eigenvalue weighted by atomic mass is 9.97. The van der Waals surface area contributed by atoms with Gasteiger partial charge in [0.05, 0.1) is 0 Å². The fraction of sp³-hybridized carbons (Fsp3) is 0.579. The molecule has 0 spiro atoms. The Balaban J connectivity index is 2.38. The highest BCUT2D eigenvalue weighted by molar-refractivity contribution is 7.98. The molecule has 2 aromatic rings. The number of aromatic nitrogens is 1. The average molecular weight is 337 g/mol. The van der Waals surface area contributed by atoms with Crippen molar-refractivity contribution in [3.63, 3.8) is 0 Å². The maximum atomic E-state index is 14.1. The van der Waals surface area contributed by atoms with E-state index < -0.39 is 0 Å². The summed E-state index contributed by atoms with van der Waals surface area (Å²) in [6, 6.07) is 3.65. The van der Waals surface area contributed by atoms with Crippen LogP contribution < -0.4 is 4.72 Å². The zero-order valence-electron chi connectivity index (χ0n) is 15.4. The Kier molecular flexibility index (Phi) is 5.17. The van der Waals surface area contributed by atoms with Gasteiger partial charge in [-0.25, -0.2) is 4.39 Å². The fourth-order valence-electron chi connectivity index (χ4n) is 2.60. The molecule has 0 unspecified atom stereocenters. The van der Waals surface area contributed by atoms with Crippen molar-refractivity contribution in [2.45, 2.75) is 66.3 Å². The second kappa shape index (κ2) is 6.48. The van der Waals surface area contributed by atoms with Gasteiger partial charge in [0.15, 0.2) is 0 Å². The smallest absolute Gasteiger partial charge is 0.126 e. The van der Waals surface area contributed by atoms with E-state index in [1.807, 2.05) is 13.0 Å².